The Hall–Kier alpha value is -0.510. The predicted octanol–water partition coefficient (Wildman–Crippen LogP) is 1.93. The summed E-state index contributed by atoms with van der Waals surface area (Å²) >= 11 is 0. The van der Waals surface area contributed by atoms with Crippen LogP contribution in [0.25, 0.3) is 0 Å². The fraction of sp³-hybridized carbons (Fsp3) is 0.632. The summed E-state index contributed by atoms with van der Waals surface area (Å²) in [5, 5.41) is 20.3. The summed E-state index contributed by atoms with van der Waals surface area (Å²) in [6.45, 7) is 2.24. The van der Waals surface area contributed by atoms with Gasteiger partial charge in [0.05, 0.1) is 5.56 Å². The number of aryl methyl sites for hydroxylation is 1. The molecule has 3 nitrogen and oxygen atoms in total. The van der Waals surface area contributed by atoms with Gasteiger partial charge in [-0.1, -0.05) is 82.6 Å². The van der Waals surface area contributed by atoms with Crippen LogP contribution in [0.1, 0.15) is 87.1 Å². The number of aromatic carboxylic acids is 1. The van der Waals surface area contributed by atoms with E-state index < -0.39 is 11.7 Å². The number of carboxylic acid groups (broad SMARTS) is 1. The van der Waals surface area contributed by atoms with E-state index in [0.29, 0.717) is 0 Å². The molecule has 0 unspecified atom stereocenters. The average Bonchev–Trinajstić information content (AvgIpc) is 2.50. The fourth-order valence-electron chi connectivity index (χ4n) is 2.72. The number of unbranched alkanes of at least 4 members (excludes halogenated alkanes) is 9. The minimum absolute atomic E-state index is 0. The summed E-state index contributed by atoms with van der Waals surface area (Å²) in [5.41, 5.74) is 0.848. The van der Waals surface area contributed by atoms with E-state index in [1.165, 1.54) is 69.9 Å². The normalized spacial score (nSPS) is 10.3. The van der Waals surface area contributed by atoms with Crippen LogP contribution in [0.5, 0.6) is 5.75 Å². The second-order valence-corrected chi connectivity index (χ2v) is 6.07. The Balaban J connectivity index is 0.00000484. The van der Waals surface area contributed by atoms with Gasteiger partial charge in [-0.2, -0.15) is 0 Å². The molecule has 23 heavy (non-hydrogen) atoms. The van der Waals surface area contributed by atoms with Crippen LogP contribution in [-0.2, 0) is 6.42 Å². The molecule has 1 rings (SSSR count). The summed E-state index contributed by atoms with van der Waals surface area (Å²) in [4.78, 5) is 10.9. The molecule has 4 heteroatoms. The molecule has 0 fully saturated rings. The van der Waals surface area contributed by atoms with E-state index >= 15 is 0 Å². The average molecular weight is 328 g/mol. The number of rotatable bonds is 12. The zero-order chi connectivity index (χ0) is 16.2. The van der Waals surface area contributed by atoms with Gasteiger partial charge in [-0.05, 0) is 24.5 Å². The Morgan fingerprint density at radius 2 is 1.48 bits per heavy atom. The smallest absolute Gasteiger partial charge is 0.872 e. The maximum atomic E-state index is 11.4. The van der Waals surface area contributed by atoms with E-state index in [1.807, 2.05) is 0 Å². The predicted molar refractivity (Wildman–Crippen MR) is 88.4 cm³/mol. The van der Waals surface area contributed by atoms with Gasteiger partial charge in [0.15, 0.2) is 0 Å². The summed E-state index contributed by atoms with van der Waals surface area (Å²) in [7, 11) is 0. The van der Waals surface area contributed by atoms with Crippen LogP contribution in [0.15, 0.2) is 18.2 Å². The van der Waals surface area contributed by atoms with Crippen molar-refractivity contribution in [3.8, 4) is 5.75 Å². The number of carbonyl (C=O) groups is 1. The van der Waals surface area contributed by atoms with Crippen molar-refractivity contribution < 1.29 is 44.6 Å². The molecule has 0 atom stereocenters. The van der Waals surface area contributed by atoms with E-state index in [-0.39, 0.29) is 35.1 Å². The first-order valence-corrected chi connectivity index (χ1v) is 8.68. The van der Waals surface area contributed by atoms with Gasteiger partial charge in [-0.25, -0.2) is 4.79 Å². The molecule has 0 aliphatic carbocycles. The summed E-state index contributed by atoms with van der Waals surface area (Å²) < 4.78 is 0. The standard InChI is InChI=1S/C19H30O3.Na/c1-2-3-4-5-6-7-8-9-10-11-12-16-13-14-18(20)17(15-16)19(21)22;/h13-15,20H,2-12H2,1H3,(H,21,22);/q;+1/p-1. The molecule has 0 spiro atoms. The molecule has 0 aliphatic rings. The Bertz CT molecular complexity index is 446. The van der Waals surface area contributed by atoms with Gasteiger partial charge in [0.2, 0.25) is 0 Å². The van der Waals surface area contributed by atoms with E-state index in [1.54, 1.807) is 6.07 Å². The SMILES string of the molecule is CCCCCCCCCCCCc1ccc([O-])c(C(=O)O)c1.[Na+]. The monoisotopic (exact) mass is 328 g/mol. The van der Waals surface area contributed by atoms with Crippen LogP contribution in [0.3, 0.4) is 0 Å². The van der Waals surface area contributed by atoms with Crippen molar-refractivity contribution in [3.05, 3.63) is 29.3 Å². The molecular formula is C19H29NaO3. The fourth-order valence-corrected chi connectivity index (χ4v) is 2.72. The zero-order valence-electron chi connectivity index (χ0n) is 14.8. The van der Waals surface area contributed by atoms with Crippen LogP contribution in [0.4, 0.5) is 0 Å². The van der Waals surface area contributed by atoms with Crippen molar-refractivity contribution in [2.45, 2.75) is 77.6 Å². The maximum absolute atomic E-state index is 11.4. The minimum Gasteiger partial charge on any atom is -0.872 e. The Labute approximate surface area is 162 Å². The van der Waals surface area contributed by atoms with E-state index in [4.69, 9.17) is 5.11 Å². The molecule has 0 aromatic heterocycles. The zero-order valence-corrected chi connectivity index (χ0v) is 16.8. The molecule has 0 radical (unpaired) electrons. The van der Waals surface area contributed by atoms with Crippen LogP contribution in [0.2, 0.25) is 0 Å². The topological polar surface area (TPSA) is 60.4 Å². The third kappa shape index (κ3) is 10.1. The van der Waals surface area contributed by atoms with Gasteiger partial charge in [0.1, 0.15) is 0 Å². The first-order valence-electron chi connectivity index (χ1n) is 8.68. The van der Waals surface area contributed by atoms with Crippen molar-refractivity contribution >= 4 is 5.97 Å². The molecule has 1 N–H and O–H groups in total. The number of carboxylic acids is 1. The van der Waals surface area contributed by atoms with Crippen molar-refractivity contribution in [2.75, 3.05) is 0 Å². The van der Waals surface area contributed by atoms with Crippen molar-refractivity contribution in [1.29, 1.82) is 0 Å². The first-order chi connectivity index (χ1) is 10.6. The van der Waals surface area contributed by atoms with Crippen LogP contribution >= 0.6 is 0 Å². The van der Waals surface area contributed by atoms with Gasteiger partial charge in [-0.15, -0.1) is 0 Å². The molecule has 0 aliphatic heterocycles. The molecule has 124 valence electrons. The van der Waals surface area contributed by atoms with Crippen molar-refractivity contribution in [3.63, 3.8) is 0 Å². The van der Waals surface area contributed by atoms with Crippen LogP contribution in [0, 0.1) is 0 Å². The van der Waals surface area contributed by atoms with Crippen molar-refractivity contribution in [1.82, 2.24) is 0 Å². The Morgan fingerprint density at radius 3 is 2.00 bits per heavy atom. The number of hydrogen-bond donors (Lipinski definition) is 1. The Kier molecular flexibility index (Phi) is 13.6. The quantitative estimate of drug-likeness (QED) is 0.471. The Morgan fingerprint density at radius 1 is 0.957 bits per heavy atom. The van der Waals surface area contributed by atoms with E-state index in [2.05, 4.69) is 6.92 Å². The third-order valence-electron chi connectivity index (χ3n) is 4.09. The van der Waals surface area contributed by atoms with Gasteiger partial charge >= 0.3 is 35.5 Å². The molecular weight excluding hydrogens is 299 g/mol. The van der Waals surface area contributed by atoms with Crippen LogP contribution < -0.4 is 34.7 Å². The summed E-state index contributed by atoms with van der Waals surface area (Å²) in [5.74, 6) is -1.53. The first kappa shape index (κ1) is 22.5. The summed E-state index contributed by atoms with van der Waals surface area (Å²) in [6.07, 6.45) is 13.7. The largest absolute Gasteiger partial charge is 1.00 e. The second kappa shape index (κ2) is 13.9. The van der Waals surface area contributed by atoms with E-state index in [9.17, 15) is 9.90 Å². The molecule has 1 aromatic rings. The number of benzene rings is 1. The second-order valence-electron chi connectivity index (χ2n) is 6.07. The molecule has 1 aromatic carbocycles. The van der Waals surface area contributed by atoms with E-state index in [0.717, 1.165) is 18.4 Å². The van der Waals surface area contributed by atoms with Gasteiger partial charge in [0, 0.05) is 0 Å². The molecule has 0 heterocycles. The molecule has 0 saturated heterocycles. The minimum atomic E-state index is -1.13. The molecule has 0 bridgehead atoms. The van der Waals surface area contributed by atoms with Gasteiger partial charge in [0.25, 0.3) is 0 Å². The van der Waals surface area contributed by atoms with Crippen molar-refractivity contribution in [2.24, 2.45) is 0 Å². The molecule has 0 saturated carbocycles. The maximum Gasteiger partial charge on any atom is 1.00 e. The van der Waals surface area contributed by atoms with Crippen LogP contribution in [-0.4, -0.2) is 11.1 Å². The molecule has 0 amide bonds. The van der Waals surface area contributed by atoms with Gasteiger partial charge in [-0.3, -0.25) is 0 Å². The summed E-state index contributed by atoms with van der Waals surface area (Å²) in [6, 6.07) is 4.65. The number of hydrogen-bond acceptors (Lipinski definition) is 2. The third-order valence-corrected chi connectivity index (χ3v) is 4.09. The van der Waals surface area contributed by atoms with Gasteiger partial charge < -0.3 is 10.2 Å².